The molecule has 12 heteroatoms. The van der Waals surface area contributed by atoms with E-state index in [0.29, 0.717) is 10.8 Å². The summed E-state index contributed by atoms with van der Waals surface area (Å²) in [5.74, 6) is -0.103. The van der Waals surface area contributed by atoms with Gasteiger partial charge in [-0.2, -0.15) is 4.68 Å². The first-order valence-corrected chi connectivity index (χ1v) is 11.9. The largest absolute Gasteiger partial charge is 0.495 e. The van der Waals surface area contributed by atoms with Crippen LogP contribution in [0.15, 0.2) is 46.5 Å². The number of ether oxygens (including phenoxy) is 1. The smallest absolute Gasteiger partial charge is 0.246 e. The Kier molecular flexibility index (Phi) is 7.16. The summed E-state index contributed by atoms with van der Waals surface area (Å²) in [6, 6.07) is 10.3. The average Bonchev–Trinajstić information content (AvgIpc) is 3.22. The lowest BCUT2D eigenvalue weighted by Gasteiger charge is -2.16. The van der Waals surface area contributed by atoms with Crippen LogP contribution in [0, 0.1) is 13.8 Å². The summed E-state index contributed by atoms with van der Waals surface area (Å²) in [6.45, 7) is 4.02. The van der Waals surface area contributed by atoms with Crippen LogP contribution in [-0.2, 0) is 14.8 Å². The molecule has 2 aromatic carbocycles. The maximum Gasteiger partial charge on any atom is 0.246 e. The highest BCUT2D eigenvalue weighted by molar-refractivity contribution is 7.99. The van der Waals surface area contributed by atoms with Gasteiger partial charge >= 0.3 is 0 Å². The van der Waals surface area contributed by atoms with Gasteiger partial charge < -0.3 is 10.1 Å². The van der Waals surface area contributed by atoms with Gasteiger partial charge in [-0.05, 0) is 65.7 Å². The molecule has 3 aromatic rings. The minimum absolute atomic E-state index is 0.0332. The van der Waals surface area contributed by atoms with Gasteiger partial charge in [0.25, 0.3) is 0 Å². The van der Waals surface area contributed by atoms with Crippen LogP contribution in [0.2, 0.25) is 0 Å². The summed E-state index contributed by atoms with van der Waals surface area (Å²) in [7, 11) is 0.495. The van der Waals surface area contributed by atoms with Gasteiger partial charge in [0.05, 0.1) is 18.6 Å². The van der Waals surface area contributed by atoms with Crippen molar-refractivity contribution < 1.29 is 17.9 Å². The molecule has 0 unspecified atom stereocenters. The normalized spacial score (nSPS) is 11.6. The quantitative estimate of drug-likeness (QED) is 0.492. The molecule has 0 aliphatic carbocycles. The first-order valence-electron chi connectivity index (χ1n) is 9.52. The minimum Gasteiger partial charge on any atom is -0.495 e. The molecule has 1 heterocycles. The van der Waals surface area contributed by atoms with Crippen molar-refractivity contribution in [2.45, 2.75) is 23.9 Å². The summed E-state index contributed by atoms with van der Waals surface area (Å²) in [6.07, 6.45) is 0. The lowest BCUT2D eigenvalue weighted by molar-refractivity contribution is -0.113. The van der Waals surface area contributed by atoms with Crippen molar-refractivity contribution >= 4 is 33.4 Å². The Morgan fingerprint density at radius 1 is 1.16 bits per heavy atom. The maximum absolute atomic E-state index is 12.6. The highest BCUT2D eigenvalue weighted by Crippen LogP contribution is 2.29. The number of tetrazole rings is 1. The second-order valence-corrected chi connectivity index (χ2v) is 10.2. The van der Waals surface area contributed by atoms with Crippen molar-refractivity contribution in [2.75, 3.05) is 32.3 Å². The van der Waals surface area contributed by atoms with Crippen LogP contribution in [-0.4, -0.2) is 65.8 Å². The number of hydrogen-bond acceptors (Lipinski definition) is 8. The van der Waals surface area contributed by atoms with Crippen molar-refractivity contribution in [3.05, 3.63) is 47.5 Å². The molecule has 0 aliphatic heterocycles. The first kappa shape index (κ1) is 23.7. The van der Waals surface area contributed by atoms with E-state index in [1.807, 2.05) is 32.0 Å². The molecule has 1 amide bonds. The van der Waals surface area contributed by atoms with Crippen LogP contribution in [0.25, 0.3) is 5.69 Å². The summed E-state index contributed by atoms with van der Waals surface area (Å²) in [5.41, 5.74) is 3.40. The fourth-order valence-corrected chi connectivity index (χ4v) is 4.53. The number of nitrogens with one attached hydrogen (secondary N) is 1. The molecule has 0 radical (unpaired) electrons. The Hall–Kier alpha value is -2.96. The zero-order chi connectivity index (χ0) is 23.5. The molecule has 0 saturated carbocycles. The van der Waals surface area contributed by atoms with Gasteiger partial charge in [-0.15, -0.1) is 5.10 Å². The molecule has 1 aromatic heterocycles. The van der Waals surface area contributed by atoms with E-state index in [0.717, 1.165) is 21.1 Å². The Balaban J connectivity index is 1.73. The summed E-state index contributed by atoms with van der Waals surface area (Å²) < 4.78 is 32.9. The number of benzene rings is 2. The van der Waals surface area contributed by atoms with E-state index in [-0.39, 0.29) is 22.3 Å². The van der Waals surface area contributed by atoms with Crippen LogP contribution in [0.4, 0.5) is 5.69 Å². The Bertz CT molecular complexity index is 1240. The van der Waals surface area contributed by atoms with Crippen molar-refractivity contribution in [2.24, 2.45) is 0 Å². The van der Waals surface area contributed by atoms with E-state index in [1.54, 1.807) is 10.7 Å². The Labute approximate surface area is 191 Å². The average molecular weight is 477 g/mol. The fraction of sp³-hybridized carbons (Fsp3) is 0.300. The topological polar surface area (TPSA) is 119 Å². The Morgan fingerprint density at radius 3 is 2.56 bits per heavy atom. The van der Waals surface area contributed by atoms with Gasteiger partial charge in [-0.25, -0.2) is 12.7 Å². The number of nitrogens with zero attached hydrogens (tertiary/aromatic N) is 5. The first-order chi connectivity index (χ1) is 15.1. The number of carbonyl (C=O) groups excluding carboxylic acids is 1. The minimum atomic E-state index is -3.75. The van der Waals surface area contributed by atoms with E-state index in [2.05, 4.69) is 20.8 Å². The third-order valence-corrected chi connectivity index (χ3v) is 7.47. The van der Waals surface area contributed by atoms with Crippen molar-refractivity contribution in [1.82, 2.24) is 24.5 Å². The second kappa shape index (κ2) is 9.67. The molecule has 3 rings (SSSR count). The lowest BCUT2D eigenvalue weighted by Crippen LogP contribution is -2.23. The molecule has 170 valence electrons. The molecule has 0 aliphatic rings. The maximum atomic E-state index is 12.6. The zero-order valence-electron chi connectivity index (χ0n) is 18.4. The fourth-order valence-electron chi connectivity index (χ4n) is 2.77. The SMILES string of the molecule is COc1ccc(NC(=O)CSc2nnnn2-c2ccc(C)c(C)c2)cc1S(=O)(=O)N(C)C. The molecular weight excluding hydrogens is 452 g/mol. The molecule has 1 N–H and O–H groups in total. The van der Waals surface area contributed by atoms with Crippen molar-refractivity contribution in [3.8, 4) is 11.4 Å². The number of sulfonamides is 1. The molecular formula is C20H24N6O4S2. The highest BCUT2D eigenvalue weighted by atomic mass is 32.2. The van der Waals surface area contributed by atoms with Crippen LogP contribution in [0.5, 0.6) is 5.75 Å². The monoisotopic (exact) mass is 476 g/mol. The van der Waals surface area contributed by atoms with Crippen molar-refractivity contribution in [1.29, 1.82) is 0 Å². The van der Waals surface area contributed by atoms with Crippen molar-refractivity contribution in [3.63, 3.8) is 0 Å². The van der Waals surface area contributed by atoms with E-state index < -0.39 is 10.0 Å². The van der Waals surface area contributed by atoms with E-state index in [1.165, 1.54) is 45.1 Å². The van der Waals surface area contributed by atoms with Gasteiger partial charge in [0, 0.05) is 19.8 Å². The number of rotatable bonds is 8. The van der Waals surface area contributed by atoms with E-state index in [9.17, 15) is 13.2 Å². The van der Waals surface area contributed by atoms with E-state index in [4.69, 9.17) is 4.74 Å². The highest BCUT2D eigenvalue weighted by Gasteiger charge is 2.23. The standard InChI is InChI=1S/C20H24N6O4S2/c1-13-6-8-16(10-14(13)2)26-20(22-23-24-26)31-12-19(27)21-15-7-9-17(30-5)18(11-15)32(28,29)25(3)4/h6-11H,12H2,1-5H3,(H,21,27). The van der Waals surface area contributed by atoms with Gasteiger partial charge in [0.15, 0.2) is 0 Å². The Morgan fingerprint density at radius 2 is 1.91 bits per heavy atom. The third kappa shape index (κ3) is 5.09. The predicted octanol–water partition coefficient (Wildman–Crippen LogP) is 2.27. The molecule has 0 fully saturated rings. The second-order valence-electron chi connectivity index (χ2n) is 7.13. The van der Waals surface area contributed by atoms with E-state index >= 15 is 0 Å². The lowest BCUT2D eigenvalue weighted by atomic mass is 10.1. The number of anilines is 1. The molecule has 10 nitrogen and oxygen atoms in total. The van der Waals surface area contributed by atoms with Gasteiger partial charge in [0.1, 0.15) is 10.6 Å². The number of amides is 1. The van der Waals surface area contributed by atoms with Crippen LogP contribution >= 0.6 is 11.8 Å². The number of aromatic nitrogens is 4. The van der Waals surface area contributed by atoms with Gasteiger partial charge in [0.2, 0.25) is 21.1 Å². The number of methoxy groups -OCH3 is 1. The molecule has 0 saturated heterocycles. The summed E-state index contributed by atoms with van der Waals surface area (Å²) in [4.78, 5) is 12.5. The number of aryl methyl sites for hydroxylation is 2. The zero-order valence-corrected chi connectivity index (χ0v) is 20.0. The third-order valence-electron chi connectivity index (χ3n) is 4.71. The molecule has 0 bridgehead atoms. The van der Waals surface area contributed by atoms with Crippen LogP contribution < -0.4 is 10.1 Å². The van der Waals surface area contributed by atoms with Crippen LogP contribution in [0.1, 0.15) is 11.1 Å². The summed E-state index contributed by atoms with van der Waals surface area (Å²) in [5, 5.41) is 14.9. The summed E-state index contributed by atoms with van der Waals surface area (Å²) >= 11 is 1.17. The molecule has 32 heavy (non-hydrogen) atoms. The molecule has 0 spiro atoms. The van der Waals surface area contributed by atoms with Crippen LogP contribution in [0.3, 0.4) is 0 Å². The predicted molar refractivity (Wildman–Crippen MR) is 122 cm³/mol. The van der Waals surface area contributed by atoms with Gasteiger partial charge in [-0.3, -0.25) is 4.79 Å². The number of thioether (sulfide) groups is 1. The number of carbonyl (C=O) groups is 1. The number of hydrogen-bond donors (Lipinski definition) is 1. The molecule has 0 atom stereocenters. The van der Waals surface area contributed by atoms with Gasteiger partial charge in [-0.1, -0.05) is 17.8 Å².